The maximum absolute atomic E-state index is 13.8. The molecule has 27 heavy (non-hydrogen) atoms. The second-order valence-electron chi connectivity index (χ2n) is 5.22. The van der Waals surface area contributed by atoms with Crippen LogP contribution in [0.5, 0.6) is 0 Å². The first-order valence-corrected chi connectivity index (χ1v) is 8.38. The fraction of sp³-hybridized carbons (Fsp3) is 0.0625. The van der Waals surface area contributed by atoms with Crippen LogP contribution in [0.1, 0.15) is 0 Å². The monoisotopic (exact) mass is 397 g/mol. The highest BCUT2D eigenvalue weighted by Crippen LogP contribution is 2.24. The molecule has 0 aliphatic carbocycles. The number of nitrogens with zero attached hydrogens (tertiary/aromatic N) is 3. The summed E-state index contributed by atoms with van der Waals surface area (Å²) in [6, 6.07) is 7.41. The molecule has 11 heteroatoms. The van der Waals surface area contributed by atoms with Crippen LogP contribution in [0, 0.1) is 23.3 Å². The lowest BCUT2D eigenvalue weighted by atomic mass is 10.2. The van der Waals surface area contributed by atoms with Gasteiger partial charge in [-0.1, -0.05) is 23.9 Å². The van der Waals surface area contributed by atoms with Crippen molar-refractivity contribution in [1.29, 1.82) is 0 Å². The molecule has 1 heterocycles. The molecule has 3 N–H and O–H groups in total. The highest BCUT2D eigenvalue weighted by atomic mass is 32.2. The first-order valence-electron chi connectivity index (χ1n) is 7.40. The molecule has 3 aromatic rings. The number of hydrogen-bond acceptors (Lipinski definition) is 5. The van der Waals surface area contributed by atoms with Gasteiger partial charge in [0.15, 0.2) is 23.3 Å². The van der Waals surface area contributed by atoms with Crippen LogP contribution < -0.4 is 11.2 Å². The summed E-state index contributed by atoms with van der Waals surface area (Å²) in [6.45, 7) is 0. The van der Waals surface area contributed by atoms with Gasteiger partial charge in [-0.25, -0.2) is 22.2 Å². The Morgan fingerprint density at radius 1 is 1.04 bits per heavy atom. The van der Waals surface area contributed by atoms with Crippen LogP contribution in [-0.4, -0.2) is 26.5 Å². The smallest absolute Gasteiger partial charge is 0.234 e. The molecular weight excluding hydrogens is 386 g/mol. The van der Waals surface area contributed by atoms with Gasteiger partial charge in [0.2, 0.25) is 11.1 Å². The molecule has 0 aliphatic heterocycles. The Labute approximate surface area is 154 Å². The lowest BCUT2D eigenvalue weighted by Crippen LogP contribution is -2.17. The van der Waals surface area contributed by atoms with Crippen molar-refractivity contribution in [2.45, 2.75) is 5.16 Å². The van der Waals surface area contributed by atoms with Gasteiger partial charge in [0, 0.05) is 0 Å². The van der Waals surface area contributed by atoms with Crippen LogP contribution in [0.4, 0.5) is 23.2 Å². The Bertz CT molecular complexity index is 1010. The van der Waals surface area contributed by atoms with E-state index in [4.69, 9.17) is 5.84 Å². The Morgan fingerprint density at radius 3 is 2.52 bits per heavy atom. The van der Waals surface area contributed by atoms with Crippen molar-refractivity contribution in [2.75, 3.05) is 16.9 Å². The Kier molecular flexibility index (Phi) is 5.31. The van der Waals surface area contributed by atoms with Gasteiger partial charge < -0.3 is 11.2 Å². The number of nitrogens with two attached hydrogens (primary N) is 1. The maximum Gasteiger partial charge on any atom is 0.234 e. The lowest BCUT2D eigenvalue weighted by Gasteiger charge is -2.07. The van der Waals surface area contributed by atoms with Crippen molar-refractivity contribution < 1.29 is 22.4 Å². The first kappa shape index (κ1) is 18.7. The van der Waals surface area contributed by atoms with Crippen molar-refractivity contribution in [3.05, 3.63) is 59.7 Å². The number of aromatic nitrogens is 3. The van der Waals surface area contributed by atoms with E-state index in [1.54, 1.807) is 6.07 Å². The van der Waals surface area contributed by atoms with Crippen LogP contribution in [0.25, 0.3) is 11.4 Å². The topological polar surface area (TPSA) is 85.8 Å². The molecular formula is C16H11F4N5OS. The molecule has 0 aliphatic rings. The number of rotatable bonds is 5. The largest absolute Gasteiger partial charge is 0.335 e. The third-order valence-electron chi connectivity index (χ3n) is 3.42. The number of benzene rings is 2. The predicted octanol–water partition coefficient (Wildman–Crippen LogP) is 2.95. The number of carbonyl (C=O) groups is 1. The van der Waals surface area contributed by atoms with E-state index >= 15 is 0 Å². The molecule has 0 saturated heterocycles. The molecule has 0 atom stereocenters. The minimum atomic E-state index is -1.68. The Morgan fingerprint density at radius 2 is 1.78 bits per heavy atom. The van der Waals surface area contributed by atoms with Crippen molar-refractivity contribution >= 4 is 23.4 Å². The van der Waals surface area contributed by atoms with E-state index in [1.807, 2.05) is 0 Å². The van der Waals surface area contributed by atoms with Crippen molar-refractivity contribution in [1.82, 2.24) is 14.9 Å². The second kappa shape index (κ2) is 7.66. The summed E-state index contributed by atoms with van der Waals surface area (Å²) in [7, 11) is 0. The Balaban J connectivity index is 1.68. The normalized spacial score (nSPS) is 10.8. The average molecular weight is 397 g/mol. The average Bonchev–Trinajstić information content (AvgIpc) is 3.01. The molecule has 2 aromatic carbocycles. The van der Waals surface area contributed by atoms with Gasteiger partial charge in [-0.2, -0.15) is 0 Å². The van der Waals surface area contributed by atoms with Gasteiger partial charge in [-0.15, -0.1) is 10.2 Å². The van der Waals surface area contributed by atoms with Crippen LogP contribution >= 0.6 is 11.8 Å². The van der Waals surface area contributed by atoms with Crippen LogP contribution in [-0.2, 0) is 4.79 Å². The lowest BCUT2D eigenvalue weighted by molar-refractivity contribution is -0.113. The van der Waals surface area contributed by atoms with Crippen molar-refractivity contribution in [3.63, 3.8) is 0 Å². The number of nitrogens with one attached hydrogen (secondary N) is 1. The Hall–Kier alpha value is -3.08. The molecule has 0 saturated carbocycles. The molecule has 0 spiro atoms. The van der Waals surface area contributed by atoms with E-state index in [0.717, 1.165) is 22.5 Å². The van der Waals surface area contributed by atoms with Gasteiger partial charge in [0.25, 0.3) is 0 Å². The zero-order valence-electron chi connectivity index (χ0n) is 13.4. The number of carbonyl (C=O) groups excluding carboxylic acids is 1. The molecule has 0 radical (unpaired) electrons. The van der Waals surface area contributed by atoms with Gasteiger partial charge >= 0.3 is 0 Å². The number of anilines is 1. The fourth-order valence-corrected chi connectivity index (χ4v) is 2.80. The maximum atomic E-state index is 13.8. The van der Waals surface area contributed by atoms with Gasteiger partial charge in [0.05, 0.1) is 17.0 Å². The third-order valence-corrected chi connectivity index (χ3v) is 4.36. The minimum absolute atomic E-state index is 0.0580. The molecule has 3 rings (SSSR count). The van der Waals surface area contributed by atoms with E-state index in [1.165, 1.54) is 18.2 Å². The van der Waals surface area contributed by atoms with Crippen molar-refractivity contribution in [3.8, 4) is 11.4 Å². The van der Waals surface area contributed by atoms with Gasteiger partial charge in [0.1, 0.15) is 5.82 Å². The molecule has 0 unspecified atom stereocenters. The standard InChI is InChI=1S/C16H11F4N5OS/c17-9-4-2-1-3-8(9)15-23-24-16(25(15)21)27-7-12(26)22-11-6-5-10(18)13(19)14(11)20/h1-6H,7,21H2,(H,22,26). The van der Waals surface area contributed by atoms with E-state index in [9.17, 15) is 22.4 Å². The van der Waals surface area contributed by atoms with Crippen LogP contribution in [0.15, 0.2) is 41.6 Å². The number of nitrogen functional groups attached to an aromatic ring is 1. The summed E-state index contributed by atoms with van der Waals surface area (Å²) in [6.07, 6.45) is 0. The van der Waals surface area contributed by atoms with Gasteiger partial charge in [-0.05, 0) is 24.3 Å². The summed E-state index contributed by atoms with van der Waals surface area (Å²) in [5.74, 6) is -0.190. The van der Waals surface area contributed by atoms with E-state index in [2.05, 4.69) is 15.5 Å². The van der Waals surface area contributed by atoms with E-state index < -0.39 is 34.9 Å². The first-order chi connectivity index (χ1) is 12.9. The van der Waals surface area contributed by atoms with Crippen LogP contribution in [0.2, 0.25) is 0 Å². The number of thioether (sulfide) groups is 1. The third kappa shape index (κ3) is 3.87. The summed E-state index contributed by atoms with van der Waals surface area (Å²) in [5, 5.41) is 9.79. The predicted molar refractivity (Wildman–Crippen MR) is 91.2 cm³/mol. The summed E-state index contributed by atoms with van der Waals surface area (Å²) in [5.41, 5.74) is -0.367. The fourth-order valence-electron chi connectivity index (χ4n) is 2.14. The molecule has 0 bridgehead atoms. The minimum Gasteiger partial charge on any atom is -0.335 e. The second-order valence-corrected chi connectivity index (χ2v) is 6.16. The van der Waals surface area contributed by atoms with E-state index in [0.29, 0.717) is 6.07 Å². The number of hydrogen-bond donors (Lipinski definition) is 2. The molecule has 140 valence electrons. The SMILES string of the molecule is Nn1c(SCC(=O)Nc2ccc(F)c(F)c2F)nnc1-c1ccccc1F. The van der Waals surface area contributed by atoms with Crippen molar-refractivity contribution in [2.24, 2.45) is 0 Å². The summed E-state index contributed by atoms with van der Waals surface area (Å²) in [4.78, 5) is 11.9. The number of amides is 1. The zero-order chi connectivity index (χ0) is 19.6. The summed E-state index contributed by atoms with van der Waals surface area (Å²) < 4.78 is 54.4. The van der Waals surface area contributed by atoms with Gasteiger partial charge in [-0.3, -0.25) is 4.79 Å². The highest BCUT2D eigenvalue weighted by Gasteiger charge is 2.18. The quantitative estimate of drug-likeness (QED) is 0.299. The summed E-state index contributed by atoms with van der Waals surface area (Å²) >= 11 is 0.849. The van der Waals surface area contributed by atoms with Crippen LogP contribution in [0.3, 0.4) is 0 Å². The molecule has 0 fully saturated rings. The molecule has 6 nitrogen and oxygen atoms in total. The number of halogens is 4. The molecule has 1 aromatic heterocycles. The zero-order valence-corrected chi connectivity index (χ0v) is 14.2. The molecule has 1 amide bonds. The van der Waals surface area contributed by atoms with E-state index in [-0.39, 0.29) is 22.3 Å². The highest BCUT2D eigenvalue weighted by molar-refractivity contribution is 7.99.